The van der Waals surface area contributed by atoms with Crippen molar-refractivity contribution in [1.29, 1.82) is 0 Å². The first kappa shape index (κ1) is 27.6. The van der Waals surface area contributed by atoms with Gasteiger partial charge < -0.3 is 20.3 Å². The van der Waals surface area contributed by atoms with Crippen LogP contribution in [0.5, 0.6) is 0 Å². The van der Waals surface area contributed by atoms with Crippen molar-refractivity contribution in [3.8, 4) is 0 Å². The summed E-state index contributed by atoms with van der Waals surface area (Å²) in [5, 5.41) is 12.5. The third kappa shape index (κ3) is 6.94. The van der Waals surface area contributed by atoms with E-state index in [2.05, 4.69) is 10.1 Å². The molecule has 2 heterocycles. The molecule has 0 aromatic carbocycles. The van der Waals surface area contributed by atoms with E-state index in [9.17, 15) is 28.0 Å². The van der Waals surface area contributed by atoms with E-state index in [0.29, 0.717) is 4.57 Å². The number of hydrogen-bond acceptors (Lipinski definition) is 11. The van der Waals surface area contributed by atoms with Crippen molar-refractivity contribution in [2.75, 3.05) is 24.5 Å². The van der Waals surface area contributed by atoms with E-state index < -0.39 is 62.5 Å². The molecule has 1 aromatic heterocycles. The molecule has 1 aromatic rings. The number of aromatic nitrogens is 2. The van der Waals surface area contributed by atoms with Gasteiger partial charge in [0.15, 0.2) is 6.10 Å². The first-order valence-electron chi connectivity index (χ1n) is 9.73. The standard InChI is InChI=1S/C17H27F2N4O8PS/c1-9(2)30-14(25)10(3)22-32(27,29-8-33-4)28-7-11-13(24)17(18,19)15(31-11)23-6-5-12(20)21-16(23)26/h5-6,9-11,13,15,24H,7-8H2,1-4H3,(H,22,27)(H2,20,21,26)/t10?,11-,13?,15-,32?/m1/s1. The molecule has 0 radical (unpaired) electrons. The van der Waals surface area contributed by atoms with Gasteiger partial charge in [-0.15, -0.1) is 11.8 Å². The molecule has 4 N–H and O–H groups in total. The van der Waals surface area contributed by atoms with Crippen LogP contribution in [0.4, 0.5) is 14.6 Å². The lowest BCUT2D eigenvalue weighted by atomic mass is 10.1. The monoisotopic (exact) mass is 516 g/mol. The molecule has 33 heavy (non-hydrogen) atoms. The fourth-order valence-electron chi connectivity index (χ4n) is 2.74. The van der Waals surface area contributed by atoms with E-state index in [1.54, 1.807) is 20.1 Å². The Morgan fingerprint density at radius 2 is 2.12 bits per heavy atom. The summed E-state index contributed by atoms with van der Waals surface area (Å²) >= 11 is 1.15. The van der Waals surface area contributed by atoms with E-state index in [1.807, 2.05) is 0 Å². The number of anilines is 1. The molecular formula is C17H27F2N4O8PS. The van der Waals surface area contributed by atoms with Crippen LogP contribution in [0, 0.1) is 0 Å². The lowest BCUT2D eigenvalue weighted by Gasteiger charge is -2.24. The van der Waals surface area contributed by atoms with E-state index in [1.165, 1.54) is 6.92 Å². The molecule has 1 aliphatic heterocycles. The number of aliphatic hydroxyl groups is 1. The van der Waals surface area contributed by atoms with Crippen molar-refractivity contribution >= 4 is 31.3 Å². The zero-order valence-corrected chi connectivity index (χ0v) is 20.1. The van der Waals surface area contributed by atoms with Crippen molar-refractivity contribution in [3.63, 3.8) is 0 Å². The second-order valence-corrected chi connectivity index (χ2v) is 9.94. The normalized spacial score (nSPS) is 25.0. The van der Waals surface area contributed by atoms with Crippen LogP contribution in [-0.2, 0) is 27.9 Å². The largest absolute Gasteiger partial charge is 0.462 e. The smallest absolute Gasteiger partial charge is 0.407 e. The number of carbonyl (C=O) groups is 1. The molecule has 5 atom stereocenters. The predicted octanol–water partition coefficient (Wildman–Crippen LogP) is 1.11. The Hall–Kier alpha value is -1.61. The molecule has 0 amide bonds. The molecule has 0 spiro atoms. The average molecular weight is 516 g/mol. The second-order valence-electron chi connectivity index (χ2n) is 7.35. The summed E-state index contributed by atoms with van der Waals surface area (Å²) in [6.07, 6.45) is -4.14. The summed E-state index contributed by atoms with van der Waals surface area (Å²) in [6.45, 7) is 3.80. The Morgan fingerprint density at radius 3 is 2.70 bits per heavy atom. The van der Waals surface area contributed by atoms with Crippen LogP contribution < -0.4 is 16.5 Å². The van der Waals surface area contributed by atoms with E-state index >= 15 is 0 Å². The highest BCUT2D eigenvalue weighted by molar-refractivity contribution is 7.98. The average Bonchev–Trinajstić information content (AvgIpc) is 2.94. The van der Waals surface area contributed by atoms with Gasteiger partial charge in [-0.05, 0) is 33.1 Å². The molecule has 2 rings (SSSR count). The van der Waals surface area contributed by atoms with Crippen molar-refractivity contribution in [2.45, 2.75) is 57.3 Å². The van der Waals surface area contributed by atoms with Crippen LogP contribution in [0.2, 0.25) is 0 Å². The number of aliphatic hydroxyl groups excluding tert-OH is 1. The number of carbonyl (C=O) groups excluding carboxylic acids is 1. The van der Waals surface area contributed by atoms with Crippen LogP contribution in [0.3, 0.4) is 0 Å². The molecular weight excluding hydrogens is 489 g/mol. The molecule has 188 valence electrons. The van der Waals surface area contributed by atoms with Crippen LogP contribution >= 0.6 is 19.5 Å². The SMILES string of the molecule is CSCOP(=O)(NC(C)C(=O)OC(C)C)OC[C@H]1O[C@@H](n2ccc(N)nc2=O)C(F)(F)C1O. The van der Waals surface area contributed by atoms with Crippen molar-refractivity contribution in [3.05, 3.63) is 22.7 Å². The molecule has 0 aliphatic carbocycles. The topological polar surface area (TPSA) is 164 Å². The molecule has 1 saturated heterocycles. The number of hydrogen-bond donors (Lipinski definition) is 3. The Bertz CT molecular complexity index is 937. The number of nitrogens with zero attached hydrogens (tertiary/aromatic N) is 2. The lowest BCUT2D eigenvalue weighted by Crippen LogP contribution is -2.42. The van der Waals surface area contributed by atoms with Gasteiger partial charge >= 0.3 is 25.3 Å². The van der Waals surface area contributed by atoms with Gasteiger partial charge in [0.05, 0.1) is 12.7 Å². The van der Waals surface area contributed by atoms with Crippen molar-refractivity contribution < 1.29 is 41.8 Å². The number of ether oxygens (including phenoxy) is 2. The van der Waals surface area contributed by atoms with Gasteiger partial charge in [0.2, 0.25) is 6.23 Å². The molecule has 0 saturated carbocycles. The lowest BCUT2D eigenvalue weighted by molar-refractivity contribution is -0.149. The summed E-state index contributed by atoms with van der Waals surface area (Å²) in [6, 6.07) is -0.00797. The van der Waals surface area contributed by atoms with E-state index in [-0.39, 0.29) is 11.8 Å². The van der Waals surface area contributed by atoms with Gasteiger partial charge in [0.1, 0.15) is 23.9 Å². The summed E-state index contributed by atoms with van der Waals surface area (Å²) in [4.78, 5) is 27.3. The van der Waals surface area contributed by atoms with Gasteiger partial charge in [0, 0.05) is 6.20 Å². The molecule has 12 nitrogen and oxygen atoms in total. The minimum absolute atomic E-state index is 0.115. The highest BCUT2D eigenvalue weighted by atomic mass is 32.2. The van der Waals surface area contributed by atoms with E-state index in [4.69, 9.17) is 24.3 Å². The third-order valence-corrected chi connectivity index (χ3v) is 6.48. The Morgan fingerprint density at radius 1 is 1.45 bits per heavy atom. The zero-order chi connectivity index (χ0) is 25.0. The van der Waals surface area contributed by atoms with Gasteiger partial charge in [-0.3, -0.25) is 18.4 Å². The van der Waals surface area contributed by atoms with Crippen molar-refractivity contribution in [2.24, 2.45) is 0 Å². The molecule has 16 heteroatoms. The van der Waals surface area contributed by atoms with Crippen molar-refractivity contribution in [1.82, 2.24) is 14.6 Å². The van der Waals surface area contributed by atoms with E-state index in [0.717, 1.165) is 24.0 Å². The minimum Gasteiger partial charge on any atom is -0.462 e. The molecule has 1 aliphatic rings. The summed E-state index contributed by atoms with van der Waals surface area (Å²) in [5.41, 5.74) is 4.25. The van der Waals surface area contributed by atoms with Crippen LogP contribution in [0.25, 0.3) is 0 Å². The number of nitrogens with one attached hydrogen (secondary N) is 1. The summed E-state index contributed by atoms with van der Waals surface area (Å²) in [7, 11) is -4.22. The predicted molar refractivity (Wildman–Crippen MR) is 115 cm³/mol. The number of halogens is 2. The van der Waals surface area contributed by atoms with Crippen LogP contribution in [-0.4, -0.2) is 69.7 Å². The number of rotatable bonds is 11. The Balaban J connectivity index is 2.15. The molecule has 3 unspecified atom stereocenters. The van der Waals surface area contributed by atoms with Crippen LogP contribution in [0.1, 0.15) is 27.0 Å². The Labute approximate surface area is 192 Å². The fourth-order valence-corrected chi connectivity index (χ4v) is 4.86. The maximum Gasteiger partial charge on any atom is 0.407 e. The second kappa shape index (κ2) is 11.2. The quantitative estimate of drug-likeness (QED) is 0.218. The minimum atomic E-state index is -4.22. The first-order chi connectivity index (χ1) is 15.3. The van der Waals surface area contributed by atoms with Gasteiger partial charge in [-0.25, -0.2) is 14.4 Å². The number of nitrogen functional groups attached to an aromatic ring is 1. The molecule has 1 fully saturated rings. The number of thioether (sulfide) groups is 1. The number of nitrogens with two attached hydrogens (primary N) is 1. The maximum absolute atomic E-state index is 14.6. The summed E-state index contributed by atoms with van der Waals surface area (Å²) < 4.78 is 63.4. The highest BCUT2D eigenvalue weighted by Gasteiger charge is 2.60. The van der Waals surface area contributed by atoms with Gasteiger partial charge in [-0.2, -0.15) is 13.8 Å². The third-order valence-electron chi connectivity index (χ3n) is 4.29. The highest BCUT2D eigenvalue weighted by Crippen LogP contribution is 2.48. The number of esters is 1. The summed E-state index contributed by atoms with van der Waals surface area (Å²) in [5.74, 6) is -4.95. The fraction of sp³-hybridized carbons (Fsp3) is 0.706. The van der Waals surface area contributed by atoms with Gasteiger partial charge in [-0.1, -0.05) is 0 Å². The zero-order valence-electron chi connectivity index (χ0n) is 18.3. The van der Waals surface area contributed by atoms with Crippen LogP contribution in [0.15, 0.2) is 17.1 Å². The maximum atomic E-state index is 14.6. The molecule has 0 bridgehead atoms. The first-order valence-corrected chi connectivity index (χ1v) is 12.7. The Kier molecular flexibility index (Phi) is 9.39. The van der Waals surface area contributed by atoms with Gasteiger partial charge in [0.25, 0.3) is 0 Å². The number of alkyl halides is 2.